The topological polar surface area (TPSA) is 55.1 Å². The minimum absolute atomic E-state index is 0.0559. The second-order valence-corrected chi connectivity index (χ2v) is 5.41. The van der Waals surface area contributed by atoms with Gasteiger partial charge < -0.3 is 11.1 Å². The van der Waals surface area contributed by atoms with E-state index in [1.54, 1.807) is 23.1 Å². The lowest BCUT2D eigenvalue weighted by Crippen LogP contribution is -2.40. The van der Waals surface area contributed by atoms with Gasteiger partial charge in [-0.15, -0.1) is 0 Å². The number of nitrogens with one attached hydrogen (secondary N) is 1. The van der Waals surface area contributed by atoms with Crippen molar-refractivity contribution in [3.05, 3.63) is 21.9 Å². The first kappa shape index (κ1) is 13.5. The van der Waals surface area contributed by atoms with Crippen LogP contribution in [0.15, 0.2) is 10.8 Å². The number of amides is 1. The molecular formula is C11H18N2OS2. The zero-order chi connectivity index (χ0) is 12.0. The molecule has 0 aromatic carbocycles. The van der Waals surface area contributed by atoms with Crippen molar-refractivity contribution in [3.8, 4) is 0 Å². The van der Waals surface area contributed by atoms with Crippen LogP contribution < -0.4 is 11.1 Å². The van der Waals surface area contributed by atoms with E-state index in [1.807, 2.05) is 13.2 Å². The van der Waals surface area contributed by atoms with Crippen LogP contribution in [0.1, 0.15) is 17.5 Å². The molecule has 0 aliphatic carbocycles. The van der Waals surface area contributed by atoms with Crippen LogP contribution in [0.5, 0.6) is 0 Å². The first-order valence-corrected chi connectivity index (χ1v) is 7.52. The van der Waals surface area contributed by atoms with Gasteiger partial charge in [-0.05, 0) is 47.2 Å². The molecule has 1 aromatic heterocycles. The molecule has 0 bridgehead atoms. The molecule has 0 aliphatic heterocycles. The van der Waals surface area contributed by atoms with Crippen LogP contribution in [0.2, 0.25) is 0 Å². The summed E-state index contributed by atoms with van der Waals surface area (Å²) in [6.45, 7) is 2.63. The lowest BCUT2D eigenvalue weighted by atomic mass is 10.2. The predicted octanol–water partition coefficient (Wildman–Crippen LogP) is 1.75. The van der Waals surface area contributed by atoms with Crippen LogP contribution in [0.4, 0.5) is 0 Å². The van der Waals surface area contributed by atoms with E-state index >= 15 is 0 Å². The van der Waals surface area contributed by atoms with Crippen molar-refractivity contribution in [3.63, 3.8) is 0 Å². The standard InChI is InChI=1S/C11H18N2OS2/c1-8-6-16-7-9(8)5-13-11(14)10(12)3-4-15-2/h6-7,10H,3-5,12H2,1-2H3,(H,13,14)/t10-/m1/s1. The molecule has 5 heteroatoms. The fraction of sp³-hybridized carbons (Fsp3) is 0.545. The smallest absolute Gasteiger partial charge is 0.237 e. The van der Waals surface area contributed by atoms with E-state index in [2.05, 4.69) is 16.1 Å². The monoisotopic (exact) mass is 258 g/mol. The Bertz CT molecular complexity index is 338. The molecule has 90 valence electrons. The van der Waals surface area contributed by atoms with E-state index in [9.17, 15) is 4.79 Å². The average Bonchev–Trinajstić information content (AvgIpc) is 2.68. The van der Waals surface area contributed by atoms with Gasteiger partial charge in [0.2, 0.25) is 5.91 Å². The summed E-state index contributed by atoms with van der Waals surface area (Å²) < 4.78 is 0. The number of carbonyl (C=O) groups is 1. The molecule has 0 unspecified atom stereocenters. The summed E-state index contributed by atoms with van der Waals surface area (Å²) in [5, 5.41) is 7.01. The van der Waals surface area contributed by atoms with E-state index in [4.69, 9.17) is 5.73 Å². The molecule has 0 radical (unpaired) electrons. The molecule has 0 saturated heterocycles. The lowest BCUT2D eigenvalue weighted by molar-refractivity contribution is -0.122. The van der Waals surface area contributed by atoms with E-state index in [0.717, 1.165) is 12.2 Å². The number of thioether (sulfide) groups is 1. The van der Waals surface area contributed by atoms with Gasteiger partial charge in [0.1, 0.15) is 0 Å². The van der Waals surface area contributed by atoms with Gasteiger partial charge in [-0.3, -0.25) is 4.79 Å². The van der Waals surface area contributed by atoms with Crippen LogP contribution in [0, 0.1) is 6.92 Å². The van der Waals surface area contributed by atoms with Crippen molar-refractivity contribution < 1.29 is 4.79 Å². The summed E-state index contributed by atoms with van der Waals surface area (Å²) >= 11 is 3.36. The highest BCUT2D eigenvalue weighted by Crippen LogP contribution is 2.13. The Morgan fingerprint density at radius 3 is 2.94 bits per heavy atom. The Hall–Kier alpha value is -0.520. The minimum atomic E-state index is -0.383. The predicted molar refractivity (Wildman–Crippen MR) is 71.9 cm³/mol. The SMILES string of the molecule is CSCC[C@@H](N)C(=O)NCc1cscc1C. The molecule has 0 aliphatic rings. The van der Waals surface area contributed by atoms with Crippen LogP contribution in [-0.4, -0.2) is 24.0 Å². The Kier molecular flexibility index (Phi) is 5.87. The molecule has 0 saturated carbocycles. The summed E-state index contributed by atoms with van der Waals surface area (Å²) in [6.07, 6.45) is 2.75. The zero-order valence-corrected chi connectivity index (χ0v) is 11.3. The highest BCUT2D eigenvalue weighted by Gasteiger charge is 2.12. The molecule has 3 N–H and O–H groups in total. The number of carbonyl (C=O) groups excluding carboxylic acids is 1. The van der Waals surface area contributed by atoms with E-state index in [0.29, 0.717) is 6.54 Å². The summed E-state index contributed by atoms with van der Waals surface area (Å²) in [6, 6.07) is -0.383. The zero-order valence-electron chi connectivity index (χ0n) is 9.66. The largest absolute Gasteiger partial charge is 0.351 e. The Morgan fingerprint density at radius 2 is 2.38 bits per heavy atom. The first-order chi connectivity index (χ1) is 7.65. The Morgan fingerprint density at radius 1 is 1.62 bits per heavy atom. The van der Waals surface area contributed by atoms with Gasteiger partial charge in [-0.2, -0.15) is 23.1 Å². The van der Waals surface area contributed by atoms with Gasteiger partial charge >= 0.3 is 0 Å². The van der Waals surface area contributed by atoms with E-state index in [1.165, 1.54) is 11.1 Å². The van der Waals surface area contributed by atoms with Crippen molar-refractivity contribution in [2.45, 2.75) is 25.9 Å². The van der Waals surface area contributed by atoms with E-state index in [-0.39, 0.29) is 11.9 Å². The highest BCUT2D eigenvalue weighted by atomic mass is 32.2. The number of hydrogen-bond acceptors (Lipinski definition) is 4. The molecule has 1 aromatic rings. The molecule has 1 rings (SSSR count). The second kappa shape index (κ2) is 6.93. The third-order valence-corrected chi connectivity index (χ3v) is 3.94. The summed E-state index contributed by atoms with van der Waals surface area (Å²) in [7, 11) is 0. The van der Waals surface area contributed by atoms with Crippen LogP contribution in [-0.2, 0) is 11.3 Å². The van der Waals surface area contributed by atoms with Gasteiger partial charge in [0.15, 0.2) is 0 Å². The third-order valence-electron chi connectivity index (χ3n) is 2.38. The van der Waals surface area contributed by atoms with E-state index < -0.39 is 0 Å². The number of thiophene rings is 1. The molecule has 3 nitrogen and oxygen atoms in total. The molecule has 1 heterocycles. The number of hydrogen-bond donors (Lipinski definition) is 2. The third kappa shape index (κ3) is 4.15. The van der Waals surface area contributed by atoms with Crippen molar-refractivity contribution in [1.29, 1.82) is 0 Å². The normalized spacial score (nSPS) is 12.4. The van der Waals surface area contributed by atoms with Crippen molar-refractivity contribution in [2.75, 3.05) is 12.0 Å². The molecular weight excluding hydrogens is 240 g/mol. The summed E-state index contributed by atoms with van der Waals surface area (Å²) in [5.74, 6) is 0.867. The number of nitrogens with two attached hydrogens (primary N) is 1. The Labute approximate surface area is 105 Å². The molecule has 16 heavy (non-hydrogen) atoms. The maximum absolute atomic E-state index is 11.6. The van der Waals surface area contributed by atoms with Gasteiger partial charge in [0.05, 0.1) is 6.04 Å². The van der Waals surface area contributed by atoms with Gasteiger partial charge in [-0.1, -0.05) is 0 Å². The Balaban J connectivity index is 2.32. The van der Waals surface area contributed by atoms with Crippen molar-refractivity contribution >= 4 is 29.0 Å². The van der Waals surface area contributed by atoms with Crippen molar-refractivity contribution in [2.24, 2.45) is 5.73 Å². The van der Waals surface area contributed by atoms with Gasteiger partial charge in [0, 0.05) is 6.54 Å². The fourth-order valence-corrected chi connectivity index (χ4v) is 2.60. The quantitative estimate of drug-likeness (QED) is 0.817. The number of aryl methyl sites for hydroxylation is 1. The fourth-order valence-electron chi connectivity index (χ4n) is 1.26. The molecule has 0 spiro atoms. The first-order valence-electron chi connectivity index (χ1n) is 5.19. The highest BCUT2D eigenvalue weighted by molar-refractivity contribution is 7.98. The molecule has 0 fully saturated rings. The van der Waals surface area contributed by atoms with Gasteiger partial charge in [-0.25, -0.2) is 0 Å². The maximum atomic E-state index is 11.6. The van der Waals surface area contributed by atoms with Crippen LogP contribution >= 0.6 is 23.1 Å². The lowest BCUT2D eigenvalue weighted by Gasteiger charge is -2.11. The number of rotatable bonds is 6. The van der Waals surface area contributed by atoms with Crippen LogP contribution in [0.25, 0.3) is 0 Å². The minimum Gasteiger partial charge on any atom is -0.351 e. The summed E-state index contributed by atoms with van der Waals surface area (Å²) in [5.41, 5.74) is 8.16. The van der Waals surface area contributed by atoms with Crippen molar-refractivity contribution in [1.82, 2.24) is 5.32 Å². The second-order valence-electron chi connectivity index (χ2n) is 3.69. The molecule has 1 amide bonds. The maximum Gasteiger partial charge on any atom is 0.237 e. The van der Waals surface area contributed by atoms with Crippen LogP contribution in [0.3, 0.4) is 0 Å². The van der Waals surface area contributed by atoms with Gasteiger partial charge in [0.25, 0.3) is 0 Å². The average molecular weight is 258 g/mol. The summed E-state index contributed by atoms with van der Waals surface area (Å²) in [4.78, 5) is 11.6. The molecule has 1 atom stereocenters.